The summed E-state index contributed by atoms with van der Waals surface area (Å²) in [5.74, 6) is 0.815. The van der Waals surface area contributed by atoms with Crippen molar-refractivity contribution < 1.29 is 4.74 Å². The van der Waals surface area contributed by atoms with Crippen LogP contribution in [0.2, 0.25) is 0 Å². The van der Waals surface area contributed by atoms with Gasteiger partial charge in [0.1, 0.15) is 0 Å². The number of halogens is 1. The van der Waals surface area contributed by atoms with Crippen LogP contribution in [0.4, 0.5) is 0 Å². The van der Waals surface area contributed by atoms with Gasteiger partial charge in [0, 0.05) is 32.2 Å². The minimum Gasteiger partial charge on any atom is -0.380 e. The van der Waals surface area contributed by atoms with Crippen LogP contribution in [0.25, 0.3) is 0 Å². The predicted molar refractivity (Wildman–Crippen MR) is 105 cm³/mol. The van der Waals surface area contributed by atoms with Crippen molar-refractivity contribution in [2.75, 3.05) is 33.4 Å². The van der Waals surface area contributed by atoms with E-state index in [-0.39, 0.29) is 29.4 Å². The quantitative estimate of drug-likeness (QED) is 0.309. The molecule has 4 nitrogen and oxygen atoms in total. The molecule has 0 aliphatic rings. The van der Waals surface area contributed by atoms with Gasteiger partial charge in [0.05, 0.1) is 6.61 Å². The maximum atomic E-state index is 5.31. The fourth-order valence-corrected chi connectivity index (χ4v) is 2.08. The van der Waals surface area contributed by atoms with Gasteiger partial charge in [-0.2, -0.15) is 0 Å². The number of nitrogens with one attached hydrogen (secondary N) is 2. The van der Waals surface area contributed by atoms with Gasteiger partial charge in [0.25, 0.3) is 0 Å². The molecule has 0 aliphatic carbocycles. The van der Waals surface area contributed by atoms with E-state index in [1.807, 2.05) is 6.92 Å². The third kappa shape index (κ3) is 7.45. The molecule has 0 atom stereocenters. The summed E-state index contributed by atoms with van der Waals surface area (Å²) >= 11 is 0. The van der Waals surface area contributed by atoms with Gasteiger partial charge in [-0.1, -0.05) is 43.7 Å². The molecule has 5 heteroatoms. The first-order chi connectivity index (χ1) is 9.99. The van der Waals surface area contributed by atoms with Crippen LogP contribution in [0.15, 0.2) is 29.3 Å². The van der Waals surface area contributed by atoms with Gasteiger partial charge in [0.2, 0.25) is 0 Å². The van der Waals surface area contributed by atoms with Crippen LogP contribution in [-0.4, -0.2) is 39.3 Å². The molecular weight excluding hydrogens is 389 g/mol. The van der Waals surface area contributed by atoms with Crippen molar-refractivity contribution in [2.24, 2.45) is 4.99 Å². The molecule has 0 aliphatic heterocycles. The van der Waals surface area contributed by atoms with Crippen LogP contribution in [-0.2, 0) is 10.2 Å². The van der Waals surface area contributed by atoms with Gasteiger partial charge in [-0.15, -0.1) is 24.0 Å². The lowest BCUT2D eigenvalue weighted by Gasteiger charge is -2.27. The maximum absolute atomic E-state index is 5.31. The largest absolute Gasteiger partial charge is 0.380 e. The average Bonchev–Trinajstić information content (AvgIpc) is 2.46. The third-order valence-electron chi connectivity index (χ3n) is 3.46. The van der Waals surface area contributed by atoms with E-state index in [4.69, 9.17) is 4.74 Å². The van der Waals surface area contributed by atoms with Crippen LogP contribution in [0.1, 0.15) is 31.9 Å². The van der Waals surface area contributed by atoms with Gasteiger partial charge >= 0.3 is 0 Å². The molecule has 0 radical (unpaired) electrons. The number of rotatable bonds is 7. The molecule has 0 saturated heterocycles. The standard InChI is InChI=1S/C17H29N3O.HI/c1-6-21-11-10-19-16(18-5)20-13-17(3,4)15-9-7-8-14(2)12-15;/h7-9,12H,6,10-11,13H2,1-5H3,(H2,18,19,20);1H. The molecule has 0 unspecified atom stereocenters. The molecule has 0 spiro atoms. The summed E-state index contributed by atoms with van der Waals surface area (Å²) in [6.07, 6.45) is 0. The zero-order valence-corrected chi connectivity index (χ0v) is 16.7. The summed E-state index contributed by atoms with van der Waals surface area (Å²) in [6, 6.07) is 8.66. The molecule has 1 aromatic rings. The van der Waals surface area contributed by atoms with Crippen molar-refractivity contribution in [3.63, 3.8) is 0 Å². The number of aliphatic imine (C=N–C) groups is 1. The number of hydrogen-bond donors (Lipinski definition) is 2. The van der Waals surface area contributed by atoms with E-state index in [9.17, 15) is 0 Å². The summed E-state index contributed by atoms with van der Waals surface area (Å²) in [6.45, 7) is 11.6. The van der Waals surface area contributed by atoms with E-state index in [2.05, 4.69) is 60.7 Å². The predicted octanol–water partition coefficient (Wildman–Crippen LogP) is 3.09. The highest BCUT2D eigenvalue weighted by atomic mass is 127. The summed E-state index contributed by atoms with van der Waals surface area (Å²) in [5.41, 5.74) is 2.67. The third-order valence-corrected chi connectivity index (χ3v) is 3.46. The lowest BCUT2D eigenvalue weighted by molar-refractivity contribution is 0.152. The van der Waals surface area contributed by atoms with Gasteiger partial charge in [0.15, 0.2) is 5.96 Å². The Balaban J connectivity index is 0.00000441. The molecule has 1 rings (SSSR count). The molecule has 0 bridgehead atoms. The van der Waals surface area contributed by atoms with Crippen molar-refractivity contribution in [1.29, 1.82) is 0 Å². The van der Waals surface area contributed by atoms with E-state index < -0.39 is 0 Å². The summed E-state index contributed by atoms with van der Waals surface area (Å²) in [5, 5.41) is 6.64. The number of ether oxygens (including phenoxy) is 1. The Morgan fingerprint density at radius 3 is 2.59 bits per heavy atom. The van der Waals surface area contributed by atoms with Gasteiger partial charge < -0.3 is 15.4 Å². The SMILES string of the molecule is CCOCCNC(=NC)NCC(C)(C)c1cccc(C)c1.I. The maximum Gasteiger partial charge on any atom is 0.191 e. The molecule has 0 fully saturated rings. The van der Waals surface area contributed by atoms with E-state index >= 15 is 0 Å². The van der Waals surface area contributed by atoms with Crippen LogP contribution in [0.3, 0.4) is 0 Å². The van der Waals surface area contributed by atoms with E-state index in [0.717, 1.165) is 25.7 Å². The average molecular weight is 419 g/mol. The van der Waals surface area contributed by atoms with Crippen LogP contribution < -0.4 is 10.6 Å². The molecule has 0 saturated carbocycles. The normalized spacial score (nSPS) is 11.8. The second kappa shape index (κ2) is 10.8. The number of benzene rings is 1. The number of guanidine groups is 1. The minimum atomic E-state index is 0. The Morgan fingerprint density at radius 1 is 1.27 bits per heavy atom. The van der Waals surface area contributed by atoms with Crippen LogP contribution >= 0.6 is 24.0 Å². The monoisotopic (exact) mass is 419 g/mol. The summed E-state index contributed by atoms with van der Waals surface area (Å²) in [7, 11) is 1.79. The molecule has 1 aromatic carbocycles. The summed E-state index contributed by atoms with van der Waals surface area (Å²) in [4.78, 5) is 4.24. The molecule has 0 heterocycles. The molecule has 22 heavy (non-hydrogen) atoms. The lowest BCUT2D eigenvalue weighted by atomic mass is 9.84. The number of aryl methyl sites for hydroxylation is 1. The van der Waals surface area contributed by atoms with Gasteiger partial charge in [-0.25, -0.2) is 0 Å². The molecular formula is C17H30IN3O. The van der Waals surface area contributed by atoms with Crippen molar-refractivity contribution in [2.45, 2.75) is 33.1 Å². The topological polar surface area (TPSA) is 45.6 Å². The Labute approximate surface area is 152 Å². The van der Waals surface area contributed by atoms with E-state index in [1.54, 1.807) is 7.05 Å². The zero-order chi connectivity index (χ0) is 15.7. The smallest absolute Gasteiger partial charge is 0.191 e. The first-order valence-electron chi connectivity index (χ1n) is 7.59. The summed E-state index contributed by atoms with van der Waals surface area (Å²) < 4.78 is 5.31. The van der Waals surface area contributed by atoms with Crippen LogP contribution in [0, 0.1) is 6.92 Å². The second-order valence-electron chi connectivity index (χ2n) is 5.80. The highest BCUT2D eigenvalue weighted by Gasteiger charge is 2.20. The molecule has 0 amide bonds. The lowest BCUT2D eigenvalue weighted by Crippen LogP contribution is -2.44. The van der Waals surface area contributed by atoms with Crippen LogP contribution in [0.5, 0.6) is 0 Å². The van der Waals surface area contributed by atoms with Gasteiger partial charge in [-0.3, -0.25) is 4.99 Å². The Hall–Kier alpha value is -0.820. The molecule has 126 valence electrons. The number of nitrogens with zero attached hydrogens (tertiary/aromatic N) is 1. The first kappa shape index (κ1) is 21.2. The van der Waals surface area contributed by atoms with Crippen molar-refractivity contribution in [1.82, 2.24) is 10.6 Å². The Bertz CT molecular complexity index is 461. The fourth-order valence-electron chi connectivity index (χ4n) is 2.08. The number of hydrogen-bond acceptors (Lipinski definition) is 2. The molecule has 2 N–H and O–H groups in total. The minimum absolute atomic E-state index is 0. The Kier molecular flexibility index (Phi) is 10.4. The zero-order valence-electron chi connectivity index (χ0n) is 14.4. The van der Waals surface area contributed by atoms with Crippen molar-refractivity contribution in [3.8, 4) is 0 Å². The van der Waals surface area contributed by atoms with E-state index in [0.29, 0.717) is 6.61 Å². The highest BCUT2D eigenvalue weighted by Crippen LogP contribution is 2.22. The van der Waals surface area contributed by atoms with Crippen molar-refractivity contribution in [3.05, 3.63) is 35.4 Å². The fraction of sp³-hybridized carbons (Fsp3) is 0.588. The van der Waals surface area contributed by atoms with Crippen molar-refractivity contribution >= 4 is 29.9 Å². The first-order valence-corrected chi connectivity index (χ1v) is 7.59. The van der Waals surface area contributed by atoms with Gasteiger partial charge in [-0.05, 0) is 19.4 Å². The Morgan fingerprint density at radius 2 is 2.00 bits per heavy atom. The highest BCUT2D eigenvalue weighted by molar-refractivity contribution is 14.0. The second-order valence-corrected chi connectivity index (χ2v) is 5.80. The molecule has 0 aromatic heterocycles. The van der Waals surface area contributed by atoms with E-state index in [1.165, 1.54) is 11.1 Å².